The van der Waals surface area contributed by atoms with Crippen LogP contribution in [0.5, 0.6) is 0 Å². The summed E-state index contributed by atoms with van der Waals surface area (Å²) in [6.45, 7) is 2.60. The largest absolute Gasteiger partial charge is 0.379 e. The average Bonchev–Trinajstić information content (AvgIpc) is 2.26. The molecule has 0 atom stereocenters. The Kier molecular flexibility index (Phi) is 7.17. The number of benzene rings is 1. The van der Waals surface area contributed by atoms with Crippen LogP contribution in [0, 0.1) is 0 Å². The number of ether oxygens (including phenoxy) is 1. The molecule has 0 amide bonds. The Morgan fingerprint density at radius 1 is 1.12 bits per heavy atom. The molecule has 0 bridgehead atoms. The summed E-state index contributed by atoms with van der Waals surface area (Å²) in [5, 5.41) is 4.57. The van der Waals surface area contributed by atoms with Crippen LogP contribution >= 0.6 is 34.8 Å². The van der Waals surface area contributed by atoms with Crippen molar-refractivity contribution in [3.63, 3.8) is 0 Å². The van der Waals surface area contributed by atoms with Gasteiger partial charge in [-0.2, -0.15) is 0 Å². The molecule has 0 aliphatic heterocycles. The molecule has 90 valence electrons. The highest BCUT2D eigenvalue weighted by molar-refractivity contribution is 6.35. The molecule has 0 aromatic heterocycles. The molecule has 16 heavy (non-hydrogen) atoms. The van der Waals surface area contributed by atoms with Crippen LogP contribution in [-0.4, -0.2) is 25.6 Å². The quantitative estimate of drug-likeness (QED) is 0.612. The third-order valence-electron chi connectivity index (χ3n) is 2.01. The van der Waals surface area contributed by atoms with Crippen molar-refractivity contribution in [2.24, 2.45) is 0 Å². The van der Waals surface area contributed by atoms with E-state index in [1.165, 1.54) is 0 Å². The molecule has 2 nitrogen and oxygen atoms in total. The zero-order valence-corrected chi connectivity index (χ0v) is 11.1. The average molecular weight is 283 g/mol. The lowest BCUT2D eigenvalue weighted by atomic mass is 10.2. The van der Waals surface area contributed by atoms with Crippen LogP contribution in [-0.2, 0) is 11.3 Å². The molecular weight excluding hydrogens is 268 g/mol. The van der Waals surface area contributed by atoms with Crippen LogP contribution in [0.3, 0.4) is 0 Å². The van der Waals surface area contributed by atoms with Crippen LogP contribution in [0.2, 0.25) is 10.0 Å². The van der Waals surface area contributed by atoms with E-state index < -0.39 is 0 Å². The first-order valence-electron chi connectivity index (χ1n) is 5.03. The normalized spacial score (nSPS) is 10.7. The second-order valence-corrected chi connectivity index (χ2v) is 4.37. The van der Waals surface area contributed by atoms with E-state index in [0.717, 1.165) is 12.1 Å². The Morgan fingerprint density at radius 2 is 1.81 bits per heavy atom. The third kappa shape index (κ3) is 4.89. The highest BCUT2D eigenvalue weighted by Crippen LogP contribution is 2.23. The minimum atomic E-state index is 0.524. The molecule has 0 saturated heterocycles. The van der Waals surface area contributed by atoms with Crippen molar-refractivity contribution >= 4 is 34.8 Å². The van der Waals surface area contributed by atoms with Crippen LogP contribution in [0.4, 0.5) is 0 Å². The SMILES string of the molecule is ClCCOCCNCc1c(Cl)cccc1Cl. The molecule has 1 aromatic carbocycles. The minimum Gasteiger partial charge on any atom is -0.379 e. The summed E-state index contributed by atoms with van der Waals surface area (Å²) in [6, 6.07) is 5.49. The van der Waals surface area contributed by atoms with Gasteiger partial charge in [0.25, 0.3) is 0 Å². The van der Waals surface area contributed by atoms with Gasteiger partial charge in [0.15, 0.2) is 0 Å². The van der Waals surface area contributed by atoms with Crippen LogP contribution in [0.1, 0.15) is 5.56 Å². The van der Waals surface area contributed by atoms with E-state index in [2.05, 4.69) is 5.32 Å². The van der Waals surface area contributed by atoms with E-state index in [1.54, 1.807) is 0 Å². The van der Waals surface area contributed by atoms with Gasteiger partial charge in [-0.1, -0.05) is 29.3 Å². The summed E-state index contributed by atoms with van der Waals surface area (Å²) in [5.41, 5.74) is 0.920. The van der Waals surface area contributed by atoms with Gasteiger partial charge in [0.1, 0.15) is 0 Å². The Hall–Kier alpha value is 0.01000. The zero-order chi connectivity index (χ0) is 11.8. The molecule has 0 unspecified atom stereocenters. The molecule has 1 rings (SSSR count). The van der Waals surface area contributed by atoms with Gasteiger partial charge < -0.3 is 10.1 Å². The Morgan fingerprint density at radius 3 is 2.44 bits per heavy atom. The van der Waals surface area contributed by atoms with E-state index >= 15 is 0 Å². The van der Waals surface area contributed by atoms with Gasteiger partial charge in [-0.15, -0.1) is 11.6 Å². The van der Waals surface area contributed by atoms with Crippen LogP contribution in [0.25, 0.3) is 0 Å². The molecule has 5 heteroatoms. The maximum absolute atomic E-state index is 6.02. The molecule has 0 fully saturated rings. The van der Waals surface area contributed by atoms with Crippen molar-refractivity contribution in [1.82, 2.24) is 5.32 Å². The molecule has 0 radical (unpaired) electrons. The fourth-order valence-electron chi connectivity index (χ4n) is 1.22. The van der Waals surface area contributed by atoms with Crippen molar-refractivity contribution in [3.05, 3.63) is 33.8 Å². The second-order valence-electron chi connectivity index (χ2n) is 3.18. The van der Waals surface area contributed by atoms with Gasteiger partial charge in [-0.3, -0.25) is 0 Å². The summed E-state index contributed by atoms with van der Waals surface area (Å²) in [7, 11) is 0. The fraction of sp³-hybridized carbons (Fsp3) is 0.455. The van der Waals surface area contributed by atoms with Gasteiger partial charge >= 0.3 is 0 Å². The lowest BCUT2D eigenvalue weighted by molar-refractivity contribution is 0.151. The van der Waals surface area contributed by atoms with E-state index in [4.69, 9.17) is 39.5 Å². The molecule has 0 spiro atoms. The zero-order valence-electron chi connectivity index (χ0n) is 8.81. The topological polar surface area (TPSA) is 21.3 Å². The molecule has 0 saturated carbocycles. The first kappa shape index (κ1) is 14.1. The lowest BCUT2D eigenvalue weighted by Crippen LogP contribution is -2.20. The lowest BCUT2D eigenvalue weighted by Gasteiger charge is -2.08. The highest BCUT2D eigenvalue weighted by Gasteiger charge is 2.03. The monoisotopic (exact) mass is 281 g/mol. The van der Waals surface area contributed by atoms with Crippen LogP contribution in [0.15, 0.2) is 18.2 Å². The van der Waals surface area contributed by atoms with Crippen molar-refractivity contribution in [3.8, 4) is 0 Å². The molecule has 1 N–H and O–H groups in total. The maximum Gasteiger partial charge on any atom is 0.0602 e. The smallest absolute Gasteiger partial charge is 0.0602 e. The minimum absolute atomic E-state index is 0.524. The standard InChI is InChI=1S/C11H14Cl3NO/c12-4-6-16-7-5-15-8-9-10(13)2-1-3-11(9)14/h1-3,15H,4-8H2. The van der Waals surface area contributed by atoms with Crippen molar-refractivity contribution in [2.75, 3.05) is 25.6 Å². The van der Waals surface area contributed by atoms with Crippen molar-refractivity contribution < 1.29 is 4.74 Å². The molecule has 0 heterocycles. The van der Waals surface area contributed by atoms with Gasteiger partial charge in [-0.05, 0) is 12.1 Å². The number of hydrogen-bond acceptors (Lipinski definition) is 2. The van der Waals surface area contributed by atoms with E-state index in [0.29, 0.717) is 35.7 Å². The molecular formula is C11H14Cl3NO. The van der Waals surface area contributed by atoms with Crippen LogP contribution < -0.4 is 5.32 Å². The fourth-order valence-corrected chi connectivity index (χ4v) is 1.86. The number of hydrogen-bond donors (Lipinski definition) is 1. The Balaban J connectivity index is 2.26. The summed E-state index contributed by atoms with van der Waals surface area (Å²) in [5.74, 6) is 0.524. The van der Waals surface area contributed by atoms with E-state index in [1.807, 2.05) is 18.2 Å². The van der Waals surface area contributed by atoms with Crippen molar-refractivity contribution in [1.29, 1.82) is 0 Å². The predicted octanol–water partition coefficient (Wildman–Crippen LogP) is 3.34. The predicted molar refractivity (Wildman–Crippen MR) is 69.7 cm³/mol. The number of rotatable bonds is 7. The van der Waals surface area contributed by atoms with Gasteiger partial charge in [-0.25, -0.2) is 0 Å². The van der Waals surface area contributed by atoms with Crippen molar-refractivity contribution in [2.45, 2.75) is 6.54 Å². The van der Waals surface area contributed by atoms with E-state index in [-0.39, 0.29) is 0 Å². The van der Waals surface area contributed by atoms with Gasteiger partial charge in [0.05, 0.1) is 13.2 Å². The molecule has 1 aromatic rings. The first-order valence-corrected chi connectivity index (χ1v) is 6.32. The van der Waals surface area contributed by atoms with Gasteiger partial charge in [0, 0.05) is 34.6 Å². The summed E-state index contributed by atoms with van der Waals surface area (Å²) >= 11 is 17.5. The summed E-state index contributed by atoms with van der Waals surface area (Å²) in [4.78, 5) is 0. The number of halogens is 3. The third-order valence-corrected chi connectivity index (χ3v) is 2.87. The summed E-state index contributed by atoms with van der Waals surface area (Å²) in [6.07, 6.45) is 0. The second kappa shape index (κ2) is 8.15. The first-order chi connectivity index (χ1) is 7.75. The van der Waals surface area contributed by atoms with E-state index in [9.17, 15) is 0 Å². The molecule has 0 aliphatic carbocycles. The maximum atomic E-state index is 6.02. The number of nitrogens with one attached hydrogen (secondary N) is 1. The number of alkyl halides is 1. The Labute approximate surface area is 111 Å². The molecule has 0 aliphatic rings. The summed E-state index contributed by atoms with van der Waals surface area (Å²) < 4.78 is 5.22. The highest BCUT2D eigenvalue weighted by atomic mass is 35.5. The van der Waals surface area contributed by atoms with Gasteiger partial charge in [0.2, 0.25) is 0 Å². The Bertz CT molecular complexity index is 300.